The number of anilines is 2. The van der Waals surface area contributed by atoms with Gasteiger partial charge in [-0.2, -0.15) is 0 Å². The van der Waals surface area contributed by atoms with Gasteiger partial charge in [-0.1, -0.05) is 11.6 Å². The maximum absolute atomic E-state index is 5.89. The fraction of sp³-hybridized carbons (Fsp3) is 0.455. The second-order valence-electron chi connectivity index (χ2n) is 3.68. The monoisotopic (exact) mass is 242 g/mol. The van der Waals surface area contributed by atoms with Crippen LogP contribution >= 0.6 is 11.6 Å². The first-order chi connectivity index (χ1) is 7.75. The van der Waals surface area contributed by atoms with Crippen LogP contribution in [0.15, 0.2) is 18.2 Å². The van der Waals surface area contributed by atoms with Crippen molar-refractivity contribution in [2.24, 2.45) is 0 Å². The van der Waals surface area contributed by atoms with Gasteiger partial charge in [-0.15, -0.1) is 0 Å². The minimum absolute atomic E-state index is 0.0760. The molecule has 88 valence electrons. The zero-order valence-electron chi connectivity index (χ0n) is 8.91. The van der Waals surface area contributed by atoms with E-state index in [4.69, 9.17) is 26.8 Å². The van der Waals surface area contributed by atoms with E-state index in [0.29, 0.717) is 37.1 Å². The standard InChI is InChI=1S/C11H15ClN2O2/c12-8-1-2-10(13)11(5-8)14-6-9-7-15-3-4-16-9/h1-2,5,9,14H,3-4,6-7,13H2. The van der Waals surface area contributed by atoms with Gasteiger partial charge in [0.15, 0.2) is 0 Å². The number of halogens is 1. The van der Waals surface area contributed by atoms with Crippen molar-refractivity contribution < 1.29 is 9.47 Å². The molecule has 1 unspecified atom stereocenters. The summed E-state index contributed by atoms with van der Waals surface area (Å²) >= 11 is 5.89. The molecule has 5 heteroatoms. The number of benzene rings is 1. The summed E-state index contributed by atoms with van der Waals surface area (Å²) in [6, 6.07) is 5.35. The van der Waals surface area contributed by atoms with Crippen molar-refractivity contribution in [1.29, 1.82) is 0 Å². The van der Waals surface area contributed by atoms with Gasteiger partial charge in [0.25, 0.3) is 0 Å². The Hall–Kier alpha value is -0.970. The first-order valence-corrected chi connectivity index (χ1v) is 5.62. The molecule has 1 aromatic rings. The largest absolute Gasteiger partial charge is 0.397 e. The van der Waals surface area contributed by atoms with Crippen molar-refractivity contribution in [3.05, 3.63) is 23.2 Å². The van der Waals surface area contributed by atoms with E-state index in [1.54, 1.807) is 18.2 Å². The van der Waals surface area contributed by atoms with Crippen LogP contribution in [0.25, 0.3) is 0 Å². The van der Waals surface area contributed by atoms with Gasteiger partial charge in [-0.25, -0.2) is 0 Å². The molecule has 1 heterocycles. The molecular weight excluding hydrogens is 228 g/mol. The molecule has 0 radical (unpaired) electrons. The molecule has 0 bridgehead atoms. The average Bonchev–Trinajstić information content (AvgIpc) is 2.32. The van der Waals surface area contributed by atoms with Crippen molar-refractivity contribution in [1.82, 2.24) is 0 Å². The highest BCUT2D eigenvalue weighted by Crippen LogP contribution is 2.22. The summed E-state index contributed by atoms with van der Waals surface area (Å²) in [7, 11) is 0. The highest BCUT2D eigenvalue weighted by Gasteiger charge is 2.14. The molecule has 1 fully saturated rings. The van der Waals surface area contributed by atoms with Crippen LogP contribution in [0.2, 0.25) is 5.02 Å². The van der Waals surface area contributed by atoms with Crippen LogP contribution in [0.3, 0.4) is 0 Å². The molecule has 0 spiro atoms. The topological polar surface area (TPSA) is 56.5 Å². The smallest absolute Gasteiger partial charge is 0.0981 e. The quantitative estimate of drug-likeness (QED) is 0.793. The van der Waals surface area contributed by atoms with Crippen molar-refractivity contribution in [2.45, 2.75) is 6.10 Å². The van der Waals surface area contributed by atoms with E-state index in [2.05, 4.69) is 5.32 Å². The van der Waals surface area contributed by atoms with Gasteiger partial charge in [-0.3, -0.25) is 0 Å². The Labute approximate surface area is 99.7 Å². The van der Waals surface area contributed by atoms with Gasteiger partial charge in [0.2, 0.25) is 0 Å². The normalized spacial score (nSPS) is 20.7. The number of nitrogen functional groups attached to an aromatic ring is 1. The van der Waals surface area contributed by atoms with Gasteiger partial charge < -0.3 is 20.5 Å². The zero-order chi connectivity index (χ0) is 11.4. The minimum atomic E-state index is 0.0760. The van der Waals surface area contributed by atoms with E-state index < -0.39 is 0 Å². The molecule has 1 aliphatic heterocycles. The first-order valence-electron chi connectivity index (χ1n) is 5.24. The molecule has 1 saturated heterocycles. The Morgan fingerprint density at radius 3 is 3.06 bits per heavy atom. The lowest BCUT2D eigenvalue weighted by Crippen LogP contribution is -2.34. The average molecular weight is 243 g/mol. The van der Waals surface area contributed by atoms with Crippen LogP contribution in [0.4, 0.5) is 11.4 Å². The predicted molar refractivity (Wildman–Crippen MR) is 64.9 cm³/mol. The molecule has 1 aliphatic rings. The Balaban J connectivity index is 1.90. The van der Waals surface area contributed by atoms with Gasteiger partial charge in [0.05, 0.1) is 37.3 Å². The highest BCUT2D eigenvalue weighted by molar-refractivity contribution is 6.31. The third-order valence-electron chi connectivity index (χ3n) is 2.42. The van der Waals surface area contributed by atoms with Crippen LogP contribution in [0.1, 0.15) is 0 Å². The maximum atomic E-state index is 5.89. The minimum Gasteiger partial charge on any atom is -0.397 e. The molecule has 16 heavy (non-hydrogen) atoms. The third-order valence-corrected chi connectivity index (χ3v) is 2.66. The summed E-state index contributed by atoms with van der Waals surface area (Å²) in [6.07, 6.45) is 0.0760. The third kappa shape index (κ3) is 3.01. The van der Waals surface area contributed by atoms with Gasteiger partial charge in [0.1, 0.15) is 0 Å². The lowest BCUT2D eigenvalue weighted by Gasteiger charge is -2.23. The Kier molecular flexibility index (Phi) is 3.88. The maximum Gasteiger partial charge on any atom is 0.0981 e. The van der Waals surface area contributed by atoms with Gasteiger partial charge in [0, 0.05) is 11.6 Å². The summed E-state index contributed by atoms with van der Waals surface area (Å²) in [5.41, 5.74) is 7.33. The highest BCUT2D eigenvalue weighted by atomic mass is 35.5. The number of nitrogens with one attached hydrogen (secondary N) is 1. The van der Waals surface area contributed by atoms with Crippen LogP contribution in [0.5, 0.6) is 0 Å². The van der Waals surface area contributed by atoms with Crippen LogP contribution in [-0.2, 0) is 9.47 Å². The summed E-state index contributed by atoms with van der Waals surface area (Å²) in [4.78, 5) is 0. The molecule has 1 aromatic carbocycles. The summed E-state index contributed by atoms with van der Waals surface area (Å²) in [5.74, 6) is 0. The Morgan fingerprint density at radius 1 is 1.44 bits per heavy atom. The van der Waals surface area contributed by atoms with Gasteiger partial charge in [-0.05, 0) is 18.2 Å². The summed E-state index contributed by atoms with van der Waals surface area (Å²) < 4.78 is 10.8. The second kappa shape index (κ2) is 5.39. The van der Waals surface area contributed by atoms with E-state index in [-0.39, 0.29) is 6.10 Å². The van der Waals surface area contributed by atoms with Gasteiger partial charge >= 0.3 is 0 Å². The second-order valence-corrected chi connectivity index (χ2v) is 4.12. The van der Waals surface area contributed by atoms with E-state index in [9.17, 15) is 0 Å². The van der Waals surface area contributed by atoms with Crippen molar-refractivity contribution in [3.8, 4) is 0 Å². The molecule has 3 N–H and O–H groups in total. The zero-order valence-corrected chi connectivity index (χ0v) is 9.67. The number of nitrogens with two attached hydrogens (primary N) is 1. The predicted octanol–water partition coefficient (Wildman–Crippen LogP) is 1.75. The van der Waals surface area contributed by atoms with E-state index in [1.807, 2.05) is 0 Å². The molecule has 4 nitrogen and oxygen atoms in total. The van der Waals surface area contributed by atoms with Crippen LogP contribution < -0.4 is 11.1 Å². The number of hydrogen-bond donors (Lipinski definition) is 2. The number of rotatable bonds is 3. The molecule has 0 aromatic heterocycles. The van der Waals surface area contributed by atoms with Crippen molar-refractivity contribution in [2.75, 3.05) is 37.4 Å². The van der Waals surface area contributed by atoms with E-state index in [0.717, 1.165) is 5.69 Å². The molecule has 0 saturated carbocycles. The molecule has 0 aliphatic carbocycles. The van der Waals surface area contributed by atoms with E-state index in [1.165, 1.54) is 0 Å². The molecule has 0 amide bonds. The Morgan fingerprint density at radius 2 is 2.31 bits per heavy atom. The first kappa shape index (κ1) is 11.5. The summed E-state index contributed by atoms with van der Waals surface area (Å²) in [6.45, 7) is 2.62. The van der Waals surface area contributed by atoms with Crippen molar-refractivity contribution in [3.63, 3.8) is 0 Å². The molecular formula is C11H15ClN2O2. The number of hydrogen-bond acceptors (Lipinski definition) is 4. The van der Waals surface area contributed by atoms with Crippen LogP contribution in [0, 0.1) is 0 Å². The lowest BCUT2D eigenvalue weighted by molar-refractivity contribution is -0.0818. The Bertz CT molecular complexity index is 354. The lowest BCUT2D eigenvalue weighted by atomic mass is 10.2. The summed E-state index contributed by atoms with van der Waals surface area (Å²) in [5, 5.41) is 3.87. The SMILES string of the molecule is Nc1ccc(Cl)cc1NCC1COCCO1. The fourth-order valence-corrected chi connectivity index (χ4v) is 1.73. The van der Waals surface area contributed by atoms with E-state index >= 15 is 0 Å². The molecule has 2 rings (SSSR count). The fourth-order valence-electron chi connectivity index (χ4n) is 1.56. The molecule has 1 atom stereocenters. The number of ether oxygens (including phenoxy) is 2. The van der Waals surface area contributed by atoms with Crippen molar-refractivity contribution >= 4 is 23.0 Å². The van der Waals surface area contributed by atoms with Crippen LogP contribution in [-0.4, -0.2) is 32.5 Å².